The van der Waals surface area contributed by atoms with Crippen LogP contribution in [0.1, 0.15) is 24.3 Å². The molecule has 14 heavy (non-hydrogen) atoms. The Bertz CT molecular complexity index is 315. The quantitative estimate of drug-likeness (QED) is 0.707. The van der Waals surface area contributed by atoms with Gasteiger partial charge < -0.3 is 5.11 Å². The van der Waals surface area contributed by atoms with Gasteiger partial charge in [0, 0.05) is 6.61 Å². The minimum atomic E-state index is 0.276. The molecule has 1 heteroatoms. The lowest BCUT2D eigenvalue weighted by molar-refractivity contribution is 0.218. The van der Waals surface area contributed by atoms with Crippen LogP contribution in [0.5, 0.6) is 0 Å². The van der Waals surface area contributed by atoms with Crippen LogP contribution < -0.4 is 0 Å². The molecule has 74 valence electrons. The third-order valence-corrected chi connectivity index (χ3v) is 3.09. The van der Waals surface area contributed by atoms with E-state index in [9.17, 15) is 5.11 Å². The van der Waals surface area contributed by atoms with Gasteiger partial charge in [0.2, 0.25) is 0 Å². The second-order valence-corrected chi connectivity index (χ2v) is 4.12. The van der Waals surface area contributed by atoms with E-state index in [0.717, 1.165) is 12.8 Å². The van der Waals surface area contributed by atoms with Crippen molar-refractivity contribution in [2.24, 2.45) is 5.92 Å². The highest BCUT2D eigenvalue weighted by atomic mass is 16.3. The Morgan fingerprint density at radius 3 is 2.57 bits per heavy atom. The molecular weight excluding hydrogens is 172 g/mol. The van der Waals surface area contributed by atoms with E-state index in [1.165, 1.54) is 11.1 Å². The Hall–Kier alpha value is -1.08. The van der Waals surface area contributed by atoms with Crippen molar-refractivity contribution in [1.82, 2.24) is 0 Å². The first-order valence-electron chi connectivity index (χ1n) is 5.13. The van der Waals surface area contributed by atoms with Gasteiger partial charge in [-0.15, -0.1) is 0 Å². The van der Waals surface area contributed by atoms with Gasteiger partial charge in [-0.2, -0.15) is 0 Å². The fourth-order valence-corrected chi connectivity index (χ4v) is 2.36. The summed E-state index contributed by atoms with van der Waals surface area (Å²) in [7, 11) is 0. The molecule has 0 heterocycles. The fraction of sp³-hybridized carbons (Fsp3) is 0.385. The Morgan fingerprint density at radius 2 is 1.93 bits per heavy atom. The molecule has 0 radical (unpaired) electrons. The van der Waals surface area contributed by atoms with Gasteiger partial charge in [0.05, 0.1) is 0 Å². The van der Waals surface area contributed by atoms with Crippen LogP contribution in [0.25, 0.3) is 0 Å². The first-order chi connectivity index (χ1) is 6.81. The number of hydrogen-bond acceptors (Lipinski definition) is 1. The predicted octanol–water partition coefficient (Wildman–Crippen LogP) is 2.73. The van der Waals surface area contributed by atoms with Crippen LogP contribution in [0.3, 0.4) is 0 Å². The molecule has 1 fully saturated rings. The molecule has 1 saturated carbocycles. The SMILES string of the molecule is C=C1C[C@@H](CO)[C@H](c2ccccc2)C1. The summed E-state index contributed by atoms with van der Waals surface area (Å²) in [6, 6.07) is 10.4. The van der Waals surface area contributed by atoms with E-state index < -0.39 is 0 Å². The lowest BCUT2D eigenvalue weighted by Gasteiger charge is -2.16. The molecule has 0 saturated heterocycles. The second-order valence-electron chi connectivity index (χ2n) is 4.12. The highest BCUT2D eigenvalue weighted by Gasteiger charge is 2.29. The fourth-order valence-electron chi connectivity index (χ4n) is 2.36. The van der Waals surface area contributed by atoms with E-state index in [-0.39, 0.29) is 6.61 Å². The number of hydrogen-bond donors (Lipinski definition) is 1. The zero-order valence-electron chi connectivity index (χ0n) is 8.32. The maximum atomic E-state index is 9.27. The molecule has 1 aliphatic carbocycles. The summed E-state index contributed by atoms with van der Waals surface area (Å²) in [5.74, 6) is 0.860. The van der Waals surface area contributed by atoms with Crippen LogP contribution in [0.4, 0.5) is 0 Å². The molecule has 0 aromatic heterocycles. The predicted molar refractivity (Wildman–Crippen MR) is 58.1 cm³/mol. The molecule has 0 unspecified atom stereocenters. The van der Waals surface area contributed by atoms with Crippen LogP contribution in [-0.4, -0.2) is 11.7 Å². The van der Waals surface area contributed by atoms with Gasteiger partial charge in [-0.3, -0.25) is 0 Å². The molecule has 2 rings (SSSR count). The highest BCUT2D eigenvalue weighted by Crippen LogP contribution is 2.41. The van der Waals surface area contributed by atoms with Gasteiger partial charge >= 0.3 is 0 Å². The van der Waals surface area contributed by atoms with Gasteiger partial charge in [-0.25, -0.2) is 0 Å². The molecule has 1 aliphatic rings. The van der Waals surface area contributed by atoms with Crippen LogP contribution in [0.2, 0.25) is 0 Å². The molecule has 0 aliphatic heterocycles. The van der Waals surface area contributed by atoms with E-state index in [1.807, 2.05) is 6.07 Å². The van der Waals surface area contributed by atoms with Crippen molar-refractivity contribution in [1.29, 1.82) is 0 Å². The van der Waals surface area contributed by atoms with Crippen molar-refractivity contribution in [2.45, 2.75) is 18.8 Å². The Balaban J connectivity index is 2.22. The minimum absolute atomic E-state index is 0.276. The number of benzene rings is 1. The van der Waals surface area contributed by atoms with Gasteiger partial charge in [-0.05, 0) is 30.2 Å². The highest BCUT2D eigenvalue weighted by molar-refractivity contribution is 5.26. The smallest absolute Gasteiger partial charge is 0.0468 e. The van der Waals surface area contributed by atoms with Crippen molar-refractivity contribution in [2.75, 3.05) is 6.61 Å². The number of aliphatic hydroxyl groups excluding tert-OH is 1. The molecule has 0 spiro atoms. The van der Waals surface area contributed by atoms with E-state index in [1.54, 1.807) is 0 Å². The lowest BCUT2D eigenvalue weighted by Crippen LogP contribution is -2.10. The lowest BCUT2D eigenvalue weighted by atomic mass is 9.89. The van der Waals surface area contributed by atoms with Crippen LogP contribution in [0, 0.1) is 5.92 Å². The van der Waals surface area contributed by atoms with Crippen LogP contribution >= 0.6 is 0 Å². The molecule has 0 bridgehead atoms. The maximum absolute atomic E-state index is 9.27. The van der Waals surface area contributed by atoms with Crippen LogP contribution in [0.15, 0.2) is 42.5 Å². The second kappa shape index (κ2) is 3.97. The summed E-state index contributed by atoms with van der Waals surface area (Å²) in [6.45, 7) is 4.29. The Kier molecular flexibility index (Phi) is 2.69. The zero-order valence-corrected chi connectivity index (χ0v) is 8.32. The monoisotopic (exact) mass is 188 g/mol. The van der Waals surface area contributed by atoms with E-state index in [4.69, 9.17) is 0 Å². The van der Waals surface area contributed by atoms with Gasteiger partial charge in [-0.1, -0.05) is 42.5 Å². The number of rotatable bonds is 2. The van der Waals surface area contributed by atoms with Crippen LogP contribution in [-0.2, 0) is 0 Å². The standard InChI is InChI=1S/C13H16O/c1-10-7-12(9-14)13(8-10)11-5-3-2-4-6-11/h2-6,12-14H,1,7-9H2/t12-,13-/m0/s1. The van der Waals surface area contributed by atoms with E-state index in [0.29, 0.717) is 11.8 Å². The third-order valence-electron chi connectivity index (χ3n) is 3.09. The summed E-state index contributed by atoms with van der Waals surface area (Å²) in [4.78, 5) is 0. The largest absolute Gasteiger partial charge is 0.396 e. The van der Waals surface area contributed by atoms with Gasteiger partial charge in [0.15, 0.2) is 0 Å². The van der Waals surface area contributed by atoms with Crippen molar-refractivity contribution < 1.29 is 5.11 Å². The number of aliphatic hydroxyl groups is 1. The summed E-state index contributed by atoms with van der Waals surface area (Å²) in [5.41, 5.74) is 2.61. The molecule has 1 aromatic rings. The Labute approximate surface area is 85.1 Å². The van der Waals surface area contributed by atoms with Gasteiger partial charge in [0.1, 0.15) is 0 Å². The topological polar surface area (TPSA) is 20.2 Å². The summed E-state index contributed by atoms with van der Waals surface area (Å²) >= 11 is 0. The molecule has 1 N–H and O–H groups in total. The summed E-state index contributed by atoms with van der Waals surface area (Å²) in [6.07, 6.45) is 2.02. The molecule has 1 aromatic carbocycles. The average Bonchev–Trinajstić information content (AvgIpc) is 2.61. The number of allylic oxidation sites excluding steroid dienone is 1. The molecule has 0 amide bonds. The normalized spacial score (nSPS) is 26.8. The maximum Gasteiger partial charge on any atom is 0.0468 e. The molecule has 2 atom stereocenters. The van der Waals surface area contributed by atoms with Crippen molar-refractivity contribution in [3.8, 4) is 0 Å². The van der Waals surface area contributed by atoms with E-state index in [2.05, 4.69) is 30.8 Å². The molecular formula is C13H16O. The zero-order chi connectivity index (χ0) is 9.97. The van der Waals surface area contributed by atoms with Gasteiger partial charge in [0.25, 0.3) is 0 Å². The summed E-state index contributed by atoms with van der Waals surface area (Å²) in [5, 5.41) is 9.27. The van der Waals surface area contributed by atoms with Crippen molar-refractivity contribution in [3.05, 3.63) is 48.0 Å². The van der Waals surface area contributed by atoms with Crippen molar-refractivity contribution >= 4 is 0 Å². The van der Waals surface area contributed by atoms with E-state index >= 15 is 0 Å². The van der Waals surface area contributed by atoms with Crippen molar-refractivity contribution in [3.63, 3.8) is 0 Å². The minimum Gasteiger partial charge on any atom is -0.396 e. The Morgan fingerprint density at radius 1 is 1.21 bits per heavy atom. The molecule has 1 nitrogen and oxygen atoms in total. The average molecular weight is 188 g/mol. The first kappa shape index (κ1) is 9.47. The summed E-state index contributed by atoms with van der Waals surface area (Å²) < 4.78 is 0. The first-order valence-corrected chi connectivity index (χ1v) is 5.13. The third kappa shape index (κ3) is 1.73.